The van der Waals surface area contributed by atoms with Gasteiger partial charge in [0.25, 0.3) is 10.1 Å². The van der Waals surface area contributed by atoms with E-state index in [9.17, 15) is 48.5 Å². The third-order valence-electron chi connectivity index (χ3n) is 15.1. The van der Waals surface area contributed by atoms with Crippen LogP contribution < -0.4 is 44.7 Å². The second kappa shape index (κ2) is 24.1. The van der Waals surface area contributed by atoms with Gasteiger partial charge in [-0.1, -0.05) is 92.4 Å². The van der Waals surface area contributed by atoms with Gasteiger partial charge < -0.3 is 24.2 Å². The third-order valence-corrected chi connectivity index (χ3v) is 17.6. The summed E-state index contributed by atoms with van der Waals surface area (Å²) < 4.78 is 107. The number of amides is 2. The Morgan fingerprint density at radius 1 is 0.688 bits per heavy atom. The maximum atomic E-state index is 13.7. The van der Waals surface area contributed by atoms with Gasteiger partial charge in [0.1, 0.15) is 26.8 Å². The van der Waals surface area contributed by atoms with Crippen molar-refractivity contribution < 1.29 is 82.6 Å². The van der Waals surface area contributed by atoms with Gasteiger partial charge in [0.15, 0.2) is 5.71 Å². The summed E-state index contributed by atoms with van der Waals surface area (Å²) in [6.45, 7) is 9.87. The Kier molecular flexibility index (Phi) is 18.0. The van der Waals surface area contributed by atoms with E-state index in [1.54, 1.807) is 23.1 Å². The minimum absolute atomic E-state index is 0. The van der Waals surface area contributed by atoms with Gasteiger partial charge in [-0.05, 0) is 133 Å². The molecule has 0 radical (unpaired) electrons. The molecule has 0 fully saturated rings. The van der Waals surface area contributed by atoms with E-state index in [1.165, 1.54) is 24.3 Å². The van der Waals surface area contributed by atoms with Gasteiger partial charge in [-0.2, -0.15) is 13.0 Å². The maximum Gasteiger partial charge on any atom is 1.00 e. The van der Waals surface area contributed by atoms with Crippen LogP contribution in [0.2, 0.25) is 0 Å². The number of para-hydroxylation sites is 1. The van der Waals surface area contributed by atoms with Gasteiger partial charge >= 0.3 is 29.6 Å². The maximum absolute atomic E-state index is 13.7. The Labute approximate surface area is 490 Å². The minimum atomic E-state index is -4.70. The fourth-order valence-corrected chi connectivity index (χ4v) is 12.9. The molecule has 0 spiro atoms. The number of unbranched alkanes of at least 4 members (excludes halogenated alkanes) is 3. The van der Waals surface area contributed by atoms with Crippen LogP contribution >= 0.6 is 0 Å². The van der Waals surface area contributed by atoms with Crippen LogP contribution in [0.15, 0.2) is 155 Å². The molecule has 15 nitrogen and oxygen atoms in total. The minimum Gasteiger partial charge on any atom is -0.744 e. The smallest absolute Gasteiger partial charge is 0.744 e. The number of nitrogens with zero attached hydrogens (tertiary/aromatic N) is 3. The molecule has 2 N–H and O–H groups in total. The number of benzene rings is 6. The molecule has 0 saturated carbocycles. The van der Waals surface area contributed by atoms with E-state index < -0.39 is 41.2 Å². The number of carbonyl (C=O) groups is 2. The number of nitrogens with one attached hydrogen (secondary N) is 1. The van der Waals surface area contributed by atoms with Crippen molar-refractivity contribution in [2.75, 3.05) is 35.2 Å². The fraction of sp³-hybridized carbons (Fsp3) is 0.295. The Morgan fingerprint density at radius 2 is 1.32 bits per heavy atom. The molecule has 0 atom stereocenters. The second-order valence-electron chi connectivity index (χ2n) is 21.1. The molecule has 9 rings (SSSR count). The Morgan fingerprint density at radius 3 is 2.01 bits per heavy atom. The largest absolute Gasteiger partial charge is 1.00 e. The second-order valence-corrected chi connectivity index (χ2v) is 25.5. The monoisotopic (exact) mass is 1140 g/mol. The Hall–Kier alpha value is -6.24. The van der Waals surface area contributed by atoms with E-state index in [0.717, 1.165) is 79.9 Å². The van der Waals surface area contributed by atoms with Crippen molar-refractivity contribution in [2.24, 2.45) is 0 Å². The molecule has 0 bridgehead atoms. The van der Waals surface area contributed by atoms with Crippen LogP contribution in [0.25, 0.3) is 21.5 Å². The molecule has 6 aromatic rings. The van der Waals surface area contributed by atoms with Gasteiger partial charge in [0.2, 0.25) is 17.5 Å². The van der Waals surface area contributed by atoms with Crippen LogP contribution in [-0.4, -0.2) is 86.4 Å². The number of hydrogen-bond donors (Lipinski definition) is 2. The summed E-state index contributed by atoms with van der Waals surface area (Å²) >= 11 is 0. The van der Waals surface area contributed by atoms with Crippen LogP contribution in [0, 0.1) is 11.8 Å². The molecule has 0 unspecified atom stereocenters. The van der Waals surface area contributed by atoms with Crippen molar-refractivity contribution in [1.29, 1.82) is 0 Å². The van der Waals surface area contributed by atoms with Crippen LogP contribution in [0.4, 0.5) is 17.1 Å². The predicted octanol–water partition coefficient (Wildman–Crippen LogP) is 6.66. The molecule has 3 aliphatic rings. The molecular formula is C61H61N4NaO11S3. The van der Waals surface area contributed by atoms with Gasteiger partial charge in [-0.25, -0.2) is 16.8 Å². The Bertz CT molecular complexity index is 4010. The normalized spacial score (nSPS) is 16.0. The number of allylic oxidation sites excluding steroid dienone is 6. The van der Waals surface area contributed by atoms with Crippen LogP contribution in [0.3, 0.4) is 0 Å². The van der Waals surface area contributed by atoms with E-state index in [-0.39, 0.29) is 82.7 Å². The summed E-state index contributed by atoms with van der Waals surface area (Å²) in [7, 11) is -13.6. The standard InChI is InChI=1S/C61H62N4O11S3.Na/c1-60(2)54(21-7-5-8-22-55-61(3,4)59-50-31-29-48(79(74,75)76)40-45(50)27-33-53(59)64(55)37-15-16-38-77(68,69)70)63(52-32-26-44-39-47(78(71,72)73)28-30-49(44)58(52)60)36-14-6-9-23-56(66)62-35-34-57(67)65-41-46-19-11-10-17-42(46)24-25-43-18-12-13-20-51(43)65;/h5,7-8,10-13,17-22,26-33,39-40H,6,9,14-16,23,34-38,41H2,1-4H3,(H3-,62,66,68,69,70,71,72,73,74,75,76);/q;+1/p-1. The number of rotatable bonds is 19. The molecule has 6 aromatic carbocycles. The first-order valence-corrected chi connectivity index (χ1v) is 30.6. The van der Waals surface area contributed by atoms with Crippen LogP contribution in [0.1, 0.15) is 100 Å². The number of fused-ring (bicyclic) bond motifs is 8. The van der Waals surface area contributed by atoms with E-state index in [4.69, 9.17) is 0 Å². The SMILES string of the molecule is CC1(C)C(/C=C/C=C/C=C2/N(CCCCS(=O)(=O)O)c3ccc4cc(S(=O)(=O)[O-])ccc4c3C2(C)C)=[N+](CCCCCC(=O)NCCC(=O)N2Cc3ccccc3C#Cc3ccccc32)c2ccc3cc(S(=O)(=O)[O-])ccc3c21.[Na+]. The van der Waals surface area contributed by atoms with Gasteiger partial charge in [-0.15, -0.1) is 0 Å². The van der Waals surface area contributed by atoms with Crippen molar-refractivity contribution in [2.45, 2.75) is 99.8 Å². The zero-order valence-corrected chi connectivity index (χ0v) is 49.8. The quantitative estimate of drug-likeness (QED) is 0.0217. The zero-order valence-electron chi connectivity index (χ0n) is 45.4. The summed E-state index contributed by atoms with van der Waals surface area (Å²) in [6.07, 6.45) is 12.9. The zero-order chi connectivity index (χ0) is 56.5. The molecule has 19 heteroatoms. The van der Waals surface area contributed by atoms with Crippen molar-refractivity contribution in [3.63, 3.8) is 0 Å². The number of hydrogen-bond acceptors (Lipinski definition) is 11. The molecule has 0 saturated heterocycles. The molecule has 0 aliphatic carbocycles. The van der Waals surface area contributed by atoms with Gasteiger partial charge in [-0.3, -0.25) is 14.1 Å². The number of anilines is 2. The summed E-state index contributed by atoms with van der Waals surface area (Å²) in [5.74, 6) is 5.80. The first-order chi connectivity index (χ1) is 37.4. The molecular weight excluding hydrogens is 1080 g/mol. The van der Waals surface area contributed by atoms with Crippen molar-refractivity contribution in [1.82, 2.24) is 5.32 Å². The molecule has 3 aliphatic heterocycles. The van der Waals surface area contributed by atoms with Crippen LogP contribution in [-0.2, 0) is 57.3 Å². The summed E-state index contributed by atoms with van der Waals surface area (Å²) in [6, 6.07) is 31.5. The molecule has 3 heterocycles. The fourth-order valence-electron chi connectivity index (χ4n) is 11.3. The first kappa shape index (κ1) is 59.9. The average molecular weight is 1150 g/mol. The summed E-state index contributed by atoms with van der Waals surface area (Å²) in [4.78, 5) is 30.1. The summed E-state index contributed by atoms with van der Waals surface area (Å²) in [5, 5.41) is 5.72. The molecule has 80 heavy (non-hydrogen) atoms. The summed E-state index contributed by atoms with van der Waals surface area (Å²) in [5.41, 5.74) is 7.60. The van der Waals surface area contributed by atoms with Crippen molar-refractivity contribution >= 4 is 86.5 Å². The van der Waals surface area contributed by atoms with Gasteiger partial charge in [0, 0.05) is 78.0 Å². The third kappa shape index (κ3) is 12.9. The average Bonchev–Trinajstić information content (AvgIpc) is 3.99. The van der Waals surface area contributed by atoms with Crippen molar-refractivity contribution in [3.05, 3.63) is 173 Å². The molecule has 0 aromatic heterocycles. The Balaban J connectivity index is 0.00000841. The molecule has 2 amide bonds. The predicted molar refractivity (Wildman–Crippen MR) is 305 cm³/mol. The van der Waals surface area contributed by atoms with E-state index in [0.29, 0.717) is 43.2 Å². The van der Waals surface area contributed by atoms with Crippen LogP contribution in [0.5, 0.6) is 0 Å². The van der Waals surface area contributed by atoms with E-state index in [1.807, 2.05) is 111 Å². The first-order valence-electron chi connectivity index (χ1n) is 26.2. The van der Waals surface area contributed by atoms with Gasteiger partial charge in [0.05, 0.1) is 33.2 Å². The van der Waals surface area contributed by atoms with E-state index >= 15 is 0 Å². The topological polar surface area (TPSA) is 224 Å². The van der Waals surface area contributed by atoms with Crippen molar-refractivity contribution in [3.8, 4) is 11.8 Å². The number of carbonyl (C=O) groups excluding carboxylic acids is 2. The van der Waals surface area contributed by atoms with E-state index in [2.05, 4.69) is 40.5 Å². The molecule has 410 valence electrons.